The first-order valence-corrected chi connectivity index (χ1v) is 11.9. The maximum absolute atomic E-state index is 13.9. The van der Waals surface area contributed by atoms with Crippen LogP contribution in [-0.2, 0) is 6.54 Å². The van der Waals surface area contributed by atoms with Gasteiger partial charge in [0.15, 0.2) is 5.65 Å². The highest BCUT2D eigenvalue weighted by Gasteiger charge is 2.20. The molecule has 0 saturated heterocycles. The van der Waals surface area contributed by atoms with Crippen molar-refractivity contribution in [3.63, 3.8) is 0 Å². The first kappa shape index (κ1) is 22.5. The number of aromatic nitrogens is 5. The highest BCUT2D eigenvalue weighted by molar-refractivity contribution is 5.99. The van der Waals surface area contributed by atoms with Crippen molar-refractivity contribution in [2.75, 3.05) is 5.73 Å². The fourth-order valence-electron chi connectivity index (χ4n) is 4.83. The maximum Gasteiger partial charge on any atom is 0.266 e. The van der Waals surface area contributed by atoms with Crippen LogP contribution in [0.3, 0.4) is 0 Å². The molecule has 3 N–H and O–H groups in total. The van der Waals surface area contributed by atoms with Crippen LogP contribution in [-0.4, -0.2) is 29.4 Å². The lowest BCUT2D eigenvalue weighted by Crippen LogP contribution is -2.26. The fourth-order valence-corrected chi connectivity index (χ4v) is 4.83. The average Bonchev–Trinajstić information content (AvgIpc) is 3.25. The van der Waals surface area contributed by atoms with Crippen molar-refractivity contribution in [2.24, 2.45) is 0 Å². The second kappa shape index (κ2) is 8.60. The molecule has 0 amide bonds. The maximum atomic E-state index is 13.9. The number of pyridine rings is 1. The van der Waals surface area contributed by atoms with E-state index in [1.165, 1.54) is 0 Å². The van der Waals surface area contributed by atoms with Crippen LogP contribution < -0.4 is 11.3 Å². The van der Waals surface area contributed by atoms with Gasteiger partial charge < -0.3 is 10.8 Å². The number of nitrogens with two attached hydrogens (primary N) is 1. The zero-order chi connectivity index (χ0) is 25.7. The smallest absolute Gasteiger partial charge is 0.266 e. The number of benzene rings is 3. The molecule has 3 aromatic heterocycles. The van der Waals surface area contributed by atoms with E-state index in [4.69, 9.17) is 15.8 Å². The number of rotatable bonds is 4. The van der Waals surface area contributed by atoms with Crippen molar-refractivity contribution in [1.29, 1.82) is 0 Å². The molecule has 6 aromatic rings. The predicted octanol–water partition coefficient (Wildman–Crippen LogP) is 4.75. The summed E-state index contributed by atoms with van der Waals surface area (Å²) in [5, 5.41) is 16.2. The Labute approximate surface area is 212 Å². The summed E-state index contributed by atoms with van der Waals surface area (Å²) in [6.45, 7) is 4.07. The molecule has 182 valence electrons. The predicted molar refractivity (Wildman–Crippen MR) is 145 cm³/mol. The normalized spacial score (nSPS) is 11.4. The molecule has 0 unspecified atom stereocenters. The van der Waals surface area contributed by atoms with Crippen molar-refractivity contribution in [2.45, 2.75) is 20.4 Å². The van der Waals surface area contributed by atoms with Gasteiger partial charge >= 0.3 is 0 Å². The molecule has 0 saturated carbocycles. The highest BCUT2D eigenvalue weighted by atomic mass is 16.3. The summed E-state index contributed by atoms with van der Waals surface area (Å²) in [4.78, 5) is 23.4. The molecule has 37 heavy (non-hydrogen) atoms. The second-order valence-electron chi connectivity index (χ2n) is 9.08. The van der Waals surface area contributed by atoms with Gasteiger partial charge in [0.25, 0.3) is 5.56 Å². The number of fused-ring (bicyclic) bond motifs is 2. The van der Waals surface area contributed by atoms with E-state index >= 15 is 0 Å². The van der Waals surface area contributed by atoms with Gasteiger partial charge in [-0.3, -0.25) is 9.36 Å². The highest BCUT2D eigenvalue weighted by Crippen LogP contribution is 2.33. The van der Waals surface area contributed by atoms with E-state index < -0.39 is 0 Å². The molecule has 8 heteroatoms. The molecule has 0 spiro atoms. The molecule has 3 heterocycles. The van der Waals surface area contributed by atoms with E-state index in [-0.39, 0.29) is 17.9 Å². The van der Waals surface area contributed by atoms with E-state index in [1.807, 2.05) is 62.4 Å². The lowest BCUT2D eigenvalue weighted by atomic mass is 10.1. The number of aromatic hydroxyl groups is 1. The summed E-state index contributed by atoms with van der Waals surface area (Å²) in [6, 6.07) is 22.0. The standard InChI is InChI=1S/C29H24N6O2/c1-17-7-3-4-12-23(17)35-24(32-22-11-5-8-18(2)25(22)29(35)37)16-34-28-26(21(30)13-14-31-28)27(33-34)19-9-6-10-20(36)15-19/h3-15,36H,16H2,1-2H3,(H2,30,31). The van der Waals surface area contributed by atoms with Gasteiger partial charge in [-0.15, -0.1) is 0 Å². The van der Waals surface area contributed by atoms with Gasteiger partial charge in [-0.1, -0.05) is 42.5 Å². The van der Waals surface area contributed by atoms with Crippen LogP contribution in [0.2, 0.25) is 0 Å². The Hall–Kier alpha value is -4.98. The zero-order valence-corrected chi connectivity index (χ0v) is 20.4. The van der Waals surface area contributed by atoms with Gasteiger partial charge in [-0.25, -0.2) is 14.6 Å². The second-order valence-corrected chi connectivity index (χ2v) is 9.08. The van der Waals surface area contributed by atoms with Crippen molar-refractivity contribution in [3.8, 4) is 22.7 Å². The molecular weight excluding hydrogens is 464 g/mol. The molecule has 0 bridgehead atoms. The Kier molecular flexibility index (Phi) is 5.22. The van der Waals surface area contributed by atoms with Crippen LogP contribution in [0, 0.1) is 13.8 Å². The molecule has 0 fully saturated rings. The molecule has 6 rings (SSSR count). The minimum atomic E-state index is -0.135. The summed E-state index contributed by atoms with van der Waals surface area (Å²) in [5.41, 5.74) is 11.8. The number of para-hydroxylation sites is 1. The number of phenols is 1. The first-order valence-electron chi connectivity index (χ1n) is 11.9. The molecule has 0 aliphatic rings. The van der Waals surface area contributed by atoms with Gasteiger partial charge in [0.1, 0.15) is 23.8 Å². The Morgan fingerprint density at radius 2 is 1.70 bits per heavy atom. The van der Waals surface area contributed by atoms with E-state index in [0.29, 0.717) is 44.7 Å². The third-order valence-corrected chi connectivity index (χ3v) is 6.61. The summed E-state index contributed by atoms with van der Waals surface area (Å²) in [6.07, 6.45) is 1.63. The van der Waals surface area contributed by atoms with E-state index in [0.717, 1.165) is 16.8 Å². The number of hydrogen-bond donors (Lipinski definition) is 2. The quantitative estimate of drug-likeness (QED) is 0.370. The number of anilines is 1. The minimum Gasteiger partial charge on any atom is -0.508 e. The average molecular weight is 489 g/mol. The molecule has 0 atom stereocenters. The Bertz CT molecular complexity index is 1890. The van der Waals surface area contributed by atoms with Crippen LogP contribution in [0.15, 0.2) is 83.8 Å². The molecule has 0 radical (unpaired) electrons. The van der Waals surface area contributed by atoms with Crippen LogP contribution in [0.25, 0.3) is 38.9 Å². The van der Waals surface area contributed by atoms with Crippen LogP contribution in [0.1, 0.15) is 17.0 Å². The fraction of sp³-hybridized carbons (Fsp3) is 0.103. The van der Waals surface area contributed by atoms with Crippen molar-refractivity contribution in [1.82, 2.24) is 24.3 Å². The summed E-state index contributed by atoms with van der Waals surface area (Å²) >= 11 is 0. The number of phenolic OH excluding ortho intramolecular Hbond substituents is 1. The van der Waals surface area contributed by atoms with Crippen LogP contribution in [0.4, 0.5) is 5.69 Å². The van der Waals surface area contributed by atoms with Crippen molar-refractivity contribution >= 4 is 27.6 Å². The van der Waals surface area contributed by atoms with Crippen LogP contribution in [0.5, 0.6) is 5.75 Å². The third-order valence-electron chi connectivity index (χ3n) is 6.61. The molecule has 8 nitrogen and oxygen atoms in total. The largest absolute Gasteiger partial charge is 0.508 e. The summed E-state index contributed by atoms with van der Waals surface area (Å²) in [5.74, 6) is 0.649. The van der Waals surface area contributed by atoms with Gasteiger partial charge in [-0.2, -0.15) is 5.10 Å². The topological polar surface area (TPSA) is 112 Å². The zero-order valence-electron chi connectivity index (χ0n) is 20.4. The van der Waals surface area contributed by atoms with Gasteiger partial charge in [0, 0.05) is 17.4 Å². The molecular formula is C29H24N6O2. The SMILES string of the molecule is Cc1ccccc1-n1c(Cn2nc(-c3cccc(O)c3)c3c(N)ccnc32)nc2cccc(C)c2c1=O. The minimum absolute atomic E-state index is 0.127. The number of aryl methyl sites for hydroxylation is 2. The van der Waals surface area contributed by atoms with Gasteiger partial charge in [0.2, 0.25) is 0 Å². The Morgan fingerprint density at radius 1 is 0.919 bits per heavy atom. The van der Waals surface area contributed by atoms with E-state index in [2.05, 4.69) is 4.98 Å². The Morgan fingerprint density at radius 3 is 2.51 bits per heavy atom. The van der Waals surface area contributed by atoms with E-state index in [1.54, 1.807) is 39.7 Å². The number of nitrogens with zero attached hydrogens (tertiary/aromatic N) is 5. The lowest BCUT2D eigenvalue weighted by molar-refractivity contribution is 0.475. The molecule has 0 aliphatic heterocycles. The van der Waals surface area contributed by atoms with Gasteiger partial charge in [-0.05, 0) is 55.3 Å². The van der Waals surface area contributed by atoms with Gasteiger partial charge in [0.05, 0.1) is 22.0 Å². The monoisotopic (exact) mass is 488 g/mol. The lowest BCUT2D eigenvalue weighted by Gasteiger charge is -2.16. The number of nitrogen functional groups attached to an aromatic ring is 1. The van der Waals surface area contributed by atoms with Crippen LogP contribution >= 0.6 is 0 Å². The first-order chi connectivity index (χ1) is 17.9. The van der Waals surface area contributed by atoms with Crippen molar-refractivity contribution in [3.05, 3.63) is 106 Å². The summed E-state index contributed by atoms with van der Waals surface area (Å²) < 4.78 is 3.38. The Balaban J connectivity index is 1.63. The summed E-state index contributed by atoms with van der Waals surface area (Å²) in [7, 11) is 0. The number of hydrogen-bond acceptors (Lipinski definition) is 6. The van der Waals surface area contributed by atoms with E-state index in [9.17, 15) is 9.90 Å². The third kappa shape index (κ3) is 3.70. The molecule has 0 aliphatic carbocycles. The van der Waals surface area contributed by atoms with Crippen molar-refractivity contribution < 1.29 is 5.11 Å². The molecule has 3 aromatic carbocycles.